The van der Waals surface area contributed by atoms with E-state index in [9.17, 15) is 0 Å². The minimum absolute atomic E-state index is 0.538. The molecule has 0 saturated carbocycles. The fraction of sp³-hybridized carbons (Fsp3) is 0.105. The molecule has 0 atom stereocenters. The molecule has 0 fully saturated rings. The summed E-state index contributed by atoms with van der Waals surface area (Å²) in [6.45, 7) is 5.62. The molecule has 0 aliphatic heterocycles. The molecule has 0 saturated heterocycles. The lowest BCUT2D eigenvalue weighted by Crippen LogP contribution is -2.01. The Labute approximate surface area is 158 Å². The van der Waals surface area contributed by atoms with Crippen molar-refractivity contribution in [1.82, 2.24) is 15.0 Å². The first kappa shape index (κ1) is 16.7. The normalized spacial score (nSPS) is 11.8. The summed E-state index contributed by atoms with van der Waals surface area (Å²) >= 11 is 3.30. The van der Waals surface area contributed by atoms with Crippen molar-refractivity contribution >= 4 is 45.3 Å². The molecule has 0 spiro atoms. The van der Waals surface area contributed by atoms with E-state index in [2.05, 4.69) is 33.1 Å². The van der Waals surface area contributed by atoms with Crippen LogP contribution in [0.15, 0.2) is 52.0 Å². The Kier molecular flexibility index (Phi) is 4.40. The quantitative estimate of drug-likeness (QED) is 0.378. The summed E-state index contributed by atoms with van der Waals surface area (Å²) < 4.78 is 1.14. The second kappa shape index (κ2) is 6.86. The number of thiazole rings is 1. The number of aryl methyl sites for hydroxylation is 1. The van der Waals surface area contributed by atoms with Crippen molar-refractivity contribution in [3.8, 4) is 21.1 Å². The molecular weight excluding hydrogens is 362 g/mol. The van der Waals surface area contributed by atoms with E-state index in [1.807, 2.05) is 31.3 Å². The molecule has 0 unspecified atom stereocenters. The summed E-state index contributed by atoms with van der Waals surface area (Å²) in [5.74, 6) is 0.538. The maximum atomic E-state index is 4.85. The third-order valence-electron chi connectivity index (χ3n) is 3.96. The molecule has 0 amide bonds. The summed E-state index contributed by atoms with van der Waals surface area (Å²) in [4.78, 5) is 23.0. The summed E-state index contributed by atoms with van der Waals surface area (Å²) in [5.41, 5.74) is 3.59. The van der Waals surface area contributed by atoms with Gasteiger partial charge in [-0.15, -0.1) is 22.7 Å². The monoisotopic (exact) mass is 377 g/mol. The molecule has 0 radical (unpaired) electrons. The Bertz CT molecular complexity index is 1130. The van der Waals surface area contributed by atoms with E-state index < -0.39 is 0 Å². The van der Waals surface area contributed by atoms with Gasteiger partial charge in [-0.1, -0.05) is 0 Å². The van der Waals surface area contributed by atoms with Gasteiger partial charge in [0, 0.05) is 35.1 Å². The van der Waals surface area contributed by atoms with Crippen LogP contribution < -0.4 is 0 Å². The first-order chi connectivity index (χ1) is 12.7. The summed E-state index contributed by atoms with van der Waals surface area (Å²) in [6.07, 6.45) is 3.59. The van der Waals surface area contributed by atoms with Crippen molar-refractivity contribution in [2.24, 2.45) is 9.98 Å². The number of aliphatic imine (C=N–C) groups is 2. The lowest BCUT2D eigenvalue weighted by atomic mass is 10.1. The smallest absolute Gasteiger partial charge is 0.172 e. The van der Waals surface area contributed by atoms with Crippen LogP contribution in [0.1, 0.15) is 11.4 Å². The number of pyridine rings is 2. The van der Waals surface area contributed by atoms with Crippen molar-refractivity contribution in [3.63, 3.8) is 0 Å². The molecule has 128 valence electrons. The van der Waals surface area contributed by atoms with Gasteiger partial charge in [-0.05, 0) is 43.3 Å². The van der Waals surface area contributed by atoms with Crippen molar-refractivity contribution in [2.45, 2.75) is 6.92 Å². The van der Waals surface area contributed by atoms with Crippen LogP contribution in [0, 0.1) is 6.92 Å². The van der Waals surface area contributed by atoms with Crippen LogP contribution in [0.4, 0.5) is 0 Å². The van der Waals surface area contributed by atoms with E-state index in [1.54, 1.807) is 35.9 Å². The van der Waals surface area contributed by atoms with E-state index in [-0.39, 0.29) is 0 Å². The van der Waals surface area contributed by atoms with Gasteiger partial charge in [-0.3, -0.25) is 9.98 Å². The highest BCUT2D eigenvalue weighted by Gasteiger charge is 2.18. The number of amidine groups is 1. The Morgan fingerprint density at radius 3 is 2.85 bits per heavy atom. The number of aromatic nitrogens is 3. The number of thiophene rings is 1. The second-order valence-electron chi connectivity index (χ2n) is 5.57. The SMILES string of the molecule is C=NC(=NC)c1cc2sccc2c(-c2sc(-c3cccnc3)nc2C)n1. The van der Waals surface area contributed by atoms with Crippen LogP contribution in [0.3, 0.4) is 0 Å². The van der Waals surface area contributed by atoms with Crippen LogP contribution >= 0.6 is 22.7 Å². The number of nitrogens with zero attached hydrogens (tertiary/aromatic N) is 5. The van der Waals surface area contributed by atoms with Crippen molar-refractivity contribution in [1.29, 1.82) is 0 Å². The predicted octanol–water partition coefficient (Wildman–Crippen LogP) is 4.87. The molecular formula is C19H15N5S2. The minimum atomic E-state index is 0.538. The number of hydrogen-bond donors (Lipinski definition) is 0. The first-order valence-corrected chi connectivity index (χ1v) is 9.61. The van der Waals surface area contributed by atoms with Crippen LogP contribution in [0.2, 0.25) is 0 Å². The average Bonchev–Trinajstić information content (AvgIpc) is 3.29. The van der Waals surface area contributed by atoms with Gasteiger partial charge >= 0.3 is 0 Å². The molecule has 0 aliphatic rings. The van der Waals surface area contributed by atoms with E-state index in [4.69, 9.17) is 9.97 Å². The molecule has 0 aromatic carbocycles. The molecule has 7 heteroatoms. The molecule has 0 aliphatic carbocycles. The molecule has 4 aromatic heterocycles. The highest BCUT2D eigenvalue weighted by atomic mass is 32.1. The zero-order valence-electron chi connectivity index (χ0n) is 14.3. The van der Waals surface area contributed by atoms with Gasteiger partial charge in [-0.25, -0.2) is 15.0 Å². The molecule has 0 N–H and O–H groups in total. The van der Waals surface area contributed by atoms with E-state index in [1.165, 1.54) is 0 Å². The topological polar surface area (TPSA) is 63.4 Å². The highest BCUT2D eigenvalue weighted by molar-refractivity contribution is 7.19. The Balaban J connectivity index is 1.93. The Hall–Kier alpha value is -2.77. The zero-order chi connectivity index (χ0) is 18.1. The lowest BCUT2D eigenvalue weighted by molar-refractivity contribution is 1.24. The number of hydrogen-bond acceptors (Lipinski definition) is 6. The van der Waals surface area contributed by atoms with Gasteiger partial charge in [0.1, 0.15) is 10.7 Å². The highest BCUT2D eigenvalue weighted by Crippen LogP contribution is 2.38. The van der Waals surface area contributed by atoms with Gasteiger partial charge < -0.3 is 0 Å². The predicted molar refractivity (Wildman–Crippen MR) is 111 cm³/mol. The molecule has 0 bridgehead atoms. The second-order valence-corrected chi connectivity index (χ2v) is 7.52. The van der Waals surface area contributed by atoms with Crippen LogP contribution in [-0.2, 0) is 0 Å². The van der Waals surface area contributed by atoms with Crippen LogP contribution in [0.25, 0.3) is 31.2 Å². The van der Waals surface area contributed by atoms with Gasteiger partial charge in [0.2, 0.25) is 0 Å². The third-order valence-corrected chi connectivity index (χ3v) is 6.04. The van der Waals surface area contributed by atoms with Crippen LogP contribution in [0.5, 0.6) is 0 Å². The summed E-state index contributed by atoms with van der Waals surface area (Å²) in [5, 5.41) is 4.12. The summed E-state index contributed by atoms with van der Waals surface area (Å²) in [7, 11) is 1.70. The van der Waals surface area contributed by atoms with E-state index in [0.717, 1.165) is 42.6 Å². The maximum Gasteiger partial charge on any atom is 0.172 e. The summed E-state index contributed by atoms with van der Waals surface area (Å²) in [6, 6.07) is 8.04. The van der Waals surface area contributed by atoms with E-state index in [0.29, 0.717) is 5.84 Å². The van der Waals surface area contributed by atoms with Crippen molar-refractivity contribution < 1.29 is 0 Å². The van der Waals surface area contributed by atoms with Crippen LogP contribution in [-0.4, -0.2) is 34.6 Å². The lowest BCUT2D eigenvalue weighted by Gasteiger charge is -2.05. The minimum Gasteiger partial charge on any atom is -0.268 e. The van der Waals surface area contributed by atoms with Gasteiger partial charge in [0.15, 0.2) is 5.84 Å². The third kappa shape index (κ3) is 2.85. The Morgan fingerprint density at radius 1 is 1.23 bits per heavy atom. The fourth-order valence-corrected chi connectivity index (χ4v) is 4.63. The van der Waals surface area contributed by atoms with Gasteiger partial charge in [0.25, 0.3) is 0 Å². The molecule has 4 heterocycles. The molecule has 4 rings (SSSR count). The van der Waals surface area contributed by atoms with Gasteiger partial charge in [-0.2, -0.15) is 0 Å². The molecule has 4 aromatic rings. The Morgan fingerprint density at radius 2 is 2.12 bits per heavy atom. The zero-order valence-corrected chi connectivity index (χ0v) is 15.9. The molecule has 26 heavy (non-hydrogen) atoms. The standard InChI is InChI=1S/C19H15N5S2/c1-11-17(26-19(23-11)12-5-4-7-22-10-12)16-13-6-8-25-15(13)9-14(24-16)18(20-2)21-3/h4-10H,2H2,1,3H3. The average molecular weight is 377 g/mol. The van der Waals surface area contributed by atoms with Crippen molar-refractivity contribution in [3.05, 3.63) is 53.4 Å². The molecule has 5 nitrogen and oxygen atoms in total. The largest absolute Gasteiger partial charge is 0.268 e. The number of fused-ring (bicyclic) bond motifs is 1. The van der Waals surface area contributed by atoms with Gasteiger partial charge in [0.05, 0.1) is 16.3 Å². The number of rotatable bonds is 3. The maximum absolute atomic E-state index is 4.85. The van der Waals surface area contributed by atoms with E-state index >= 15 is 0 Å². The first-order valence-electron chi connectivity index (χ1n) is 7.91. The van der Waals surface area contributed by atoms with Crippen molar-refractivity contribution in [2.75, 3.05) is 7.05 Å². The fourth-order valence-electron chi connectivity index (χ4n) is 2.75.